The van der Waals surface area contributed by atoms with Gasteiger partial charge >= 0.3 is 0 Å². The molecule has 4 nitrogen and oxygen atoms in total. The van der Waals surface area contributed by atoms with Crippen LogP contribution in [0.2, 0.25) is 0 Å². The van der Waals surface area contributed by atoms with Gasteiger partial charge in [0, 0.05) is 0 Å². The van der Waals surface area contributed by atoms with Crippen molar-refractivity contribution < 1.29 is 14.3 Å². The third kappa shape index (κ3) is 2.82. The summed E-state index contributed by atoms with van der Waals surface area (Å²) >= 11 is 0. The summed E-state index contributed by atoms with van der Waals surface area (Å²) in [5, 5.41) is 12.1. The first-order valence-electron chi connectivity index (χ1n) is 5.63. The topological polar surface area (TPSA) is 75.3 Å². The van der Waals surface area contributed by atoms with Crippen molar-refractivity contribution in [3.63, 3.8) is 0 Å². The fourth-order valence-corrected chi connectivity index (χ4v) is 1.66. The number of amides is 1. The Morgan fingerprint density at radius 1 is 1.26 bits per heavy atom. The first kappa shape index (κ1) is 12.9. The summed E-state index contributed by atoms with van der Waals surface area (Å²) in [5.74, 6) is -1.19. The molecule has 0 saturated heterocycles. The molecule has 0 aromatic heterocycles. The number of rotatable bonds is 2. The van der Waals surface area contributed by atoms with Crippen LogP contribution < -0.4 is 11.1 Å². The molecule has 0 fully saturated rings. The van der Waals surface area contributed by atoms with E-state index >= 15 is 0 Å². The molecule has 2 aromatic rings. The van der Waals surface area contributed by atoms with Gasteiger partial charge in [0.25, 0.3) is 5.91 Å². The number of carbonyl (C=O) groups is 1. The van der Waals surface area contributed by atoms with Gasteiger partial charge in [0.2, 0.25) is 0 Å². The molecule has 4 N–H and O–H groups in total. The number of nitrogen functional groups attached to an aromatic ring is 1. The number of hydrogen-bond acceptors (Lipinski definition) is 3. The van der Waals surface area contributed by atoms with E-state index in [-0.39, 0.29) is 22.7 Å². The van der Waals surface area contributed by atoms with Crippen LogP contribution in [0.1, 0.15) is 15.9 Å². The van der Waals surface area contributed by atoms with Gasteiger partial charge in [0.15, 0.2) is 0 Å². The van der Waals surface area contributed by atoms with Crippen LogP contribution in [-0.2, 0) is 0 Å². The second-order valence-corrected chi connectivity index (χ2v) is 4.21. The molecular weight excluding hydrogens is 247 g/mol. The quantitative estimate of drug-likeness (QED) is 0.727. The summed E-state index contributed by atoms with van der Waals surface area (Å²) < 4.78 is 13.1. The van der Waals surface area contributed by atoms with E-state index in [1.807, 2.05) is 0 Å². The van der Waals surface area contributed by atoms with Crippen molar-refractivity contribution in [1.82, 2.24) is 0 Å². The number of aromatic hydroxyl groups is 1. The second kappa shape index (κ2) is 4.97. The van der Waals surface area contributed by atoms with Crippen LogP contribution >= 0.6 is 0 Å². The van der Waals surface area contributed by atoms with Crippen molar-refractivity contribution in [2.75, 3.05) is 11.1 Å². The highest BCUT2D eigenvalue weighted by Gasteiger charge is 2.13. The number of hydrogen-bond donors (Lipinski definition) is 3. The Bertz CT molecular complexity index is 641. The van der Waals surface area contributed by atoms with E-state index in [0.717, 1.165) is 11.6 Å². The molecule has 0 bridgehead atoms. The van der Waals surface area contributed by atoms with Crippen LogP contribution in [0.15, 0.2) is 36.4 Å². The van der Waals surface area contributed by atoms with Crippen LogP contribution in [0.3, 0.4) is 0 Å². The fraction of sp³-hybridized carbons (Fsp3) is 0.0714. The normalized spacial score (nSPS) is 10.2. The smallest absolute Gasteiger partial charge is 0.259 e. The van der Waals surface area contributed by atoms with Crippen molar-refractivity contribution in [2.45, 2.75) is 6.92 Å². The Morgan fingerprint density at radius 3 is 2.74 bits per heavy atom. The number of phenolic OH excluding ortho intramolecular Hbond substituents is 1. The van der Waals surface area contributed by atoms with E-state index in [2.05, 4.69) is 5.32 Å². The van der Waals surface area contributed by atoms with Gasteiger partial charge in [-0.05, 0) is 37.3 Å². The van der Waals surface area contributed by atoms with Crippen molar-refractivity contribution in [2.24, 2.45) is 0 Å². The van der Waals surface area contributed by atoms with Gasteiger partial charge in [0.05, 0.1) is 16.9 Å². The minimum Gasteiger partial charge on any atom is -0.507 e. The SMILES string of the molecule is Cc1ccc(O)c(C(=O)Nc2cc(F)ccc2N)c1. The molecule has 0 spiro atoms. The van der Waals surface area contributed by atoms with Gasteiger partial charge in [-0.3, -0.25) is 4.79 Å². The van der Waals surface area contributed by atoms with E-state index < -0.39 is 11.7 Å². The van der Waals surface area contributed by atoms with Crippen LogP contribution in [0.4, 0.5) is 15.8 Å². The molecule has 0 radical (unpaired) electrons. The third-order valence-electron chi connectivity index (χ3n) is 2.66. The average molecular weight is 260 g/mol. The zero-order valence-electron chi connectivity index (χ0n) is 10.3. The summed E-state index contributed by atoms with van der Waals surface area (Å²) in [5.41, 5.74) is 7.01. The predicted octanol–water partition coefficient (Wildman–Crippen LogP) is 2.67. The number of carbonyl (C=O) groups excluding carboxylic acids is 1. The lowest BCUT2D eigenvalue weighted by atomic mass is 10.1. The number of nitrogens with two attached hydrogens (primary N) is 1. The highest BCUT2D eigenvalue weighted by Crippen LogP contribution is 2.23. The monoisotopic (exact) mass is 260 g/mol. The summed E-state index contributed by atoms with van der Waals surface area (Å²) in [6, 6.07) is 8.35. The van der Waals surface area contributed by atoms with Crippen molar-refractivity contribution in [1.29, 1.82) is 0 Å². The number of anilines is 2. The molecule has 2 rings (SSSR count). The van der Waals surface area contributed by atoms with Gasteiger partial charge in [-0.2, -0.15) is 0 Å². The number of phenols is 1. The van der Waals surface area contributed by atoms with Gasteiger partial charge in [-0.15, -0.1) is 0 Å². The minimum absolute atomic E-state index is 0.115. The summed E-state index contributed by atoms with van der Waals surface area (Å²) in [6.07, 6.45) is 0. The standard InChI is InChI=1S/C14H13FN2O2/c1-8-2-5-13(18)10(6-8)14(19)17-12-7-9(15)3-4-11(12)16/h2-7,18H,16H2,1H3,(H,17,19). The largest absolute Gasteiger partial charge is 0.507 e. The Morgan fingerprint density at radius 2 is 2.00 bits per heavy atom. The molecule has 0 aliphatic heterocycles. The van der Waals surface area contributed by atoms with Gasteiger partial charge in [-0.1, -0.05) is 11.6 Å². The molecule has 0 aliphatic rings. The molecule has 1 amide bonds. The van der Waals surface area contributed by atoms with Crippen LogP contribution in [0.5, 0.6) is 5.75 Å². The Hall–Kier alpha value is -2.56. The molecule has 2 aromatic carbocycles. The number of benzene rings is 2. The van der Waals surface area contributed by atoms with Gasteiger partial charge < -0.3 is 16.2 Å². The highest BCUT2D eigenvalue weighted by atomic mass is 19.1. The van der Waals surface area contributed by atoms with E-state index in [4.69, 9.17) is 5.73 Å². The van der Waals surface area contributed by atoms with Crippen LogP contribution in [-0.4, -0.2) is 11.0 Å². The predicted molar refractivity (Wildman–Crippen MR) is 71.6 cm³/mol. The molecule has 0 atom stereocenters. The average Bonchev–Trinajstić information content (AvgIpc) is 2.36. The molecule has 0 saturated carbocycles. The molecule has 98 valence electrons. The summed E-state index contributed by atoms with van der Waals surface area (Å²) in [4.78, 5) is 12.0. The van der Waals surface area contributed by atoms with Crippen LogP contribution in [0, 0.1) is 12.7 Å². The summed E-state index contributed by atoms with van der Waals surface area (Å²) in [6.45, 7) is 1.80. The maximum atomic E-state index is 13.1. The Labute approximate surface area is 109 Å². The molecule has 19 heavy (non-hydrogen) atoms. The summed E-state index contributed by atoms with van der Waals surface area (Å²) in [7, 11) is 0. The Kier molecular flexibility index (Phi) is 3.37. The maximum Gasteiger partial charge on any atom is 0.259 e. The fourth-order valence-electron chi connectivity index (χ4n) is 1.66. The van der Waals surface area contributed by atoms with E-state index in [1.54, 1.807) is 19.1 Å². The molecular formula is C14H13FN2O2. The van der Waals surface area contributed by atoms with Crippen LogP contribution in [0.25, 0.3) is 0 Å². The highest BCUT2D eigenvalue weighted by molar-refractivity contribution is 6.07. The molecule has 0 heterocycles. The van der Waals surface area contributed by atoms with E-state index in [0.29, 0.717) is 0 Å². The number of halogens is 1. The van der Waals surface area contributed by atoms with E-state index in [1.165, 1.54) is 18.2 Å². The number of aryl methyl sites for hydroxylation is 1. The second-order valence-electron chi connectivity index (χ2n) is 4.21. The zero-order chi connectivity index (χ0) is 14.0. The van der Waals surface area contributed by atoms with Crippen molar-refractivity contribution in [3.05, 3.63) is 53.3 Å². The molecule has 5 heteroatoms. The number of nitrogens with one attached hydrogen (secondary N) is 1. The lowest BCUT2D eigenvalue weighted by molar-refractivity contribution is 0.102. The van der Waals surface area contributed by atoms with Crippen molar-refractivity contribution in [3.8, 4) is 5.75 Å². The maximum absolute atomic E-state index is 13.1. The van der Waals surface area contributed by atoms with E-state index in [9.17, 15) is 14.3 Å². The Balaban J connectivity index is 2.30. The van der Waals surface area contributed by atoms with Gasteiger partial charge in [0.1, 0.15) is 11.6 Å². The lowest BCUT2D eigenvalue weighted by Gasteiger charge is -2.09. The van der Waals surface area contributed by atoms with Gasteiger partial charge in [-0.25, -0.2) is 4.39 Å². The molecule has 0 aliphatic carbocycles. The third-order valence-corrected chi connectivity index (χ3v) is 2.66. The minimum atomic E-state index is -0.543. The lowest BCUT2D eigenvalue weighted by Crippen LogP contribution is -2.13. The van der Waals surface area contributed by atoms with Crippen molar-refractivity contribution >= 4 is 17.3 Å². The molecule has 0 unspecified atom stereocenters. The first-order chi connectivity index (χ1) is 8.97. The zero-order valence-corrected chi connectivity index (χ0v) is 10.3. The first-order valence-corrected chi connectivity index (χ1v) is 5.63.